The summed E-state index contributed by atoms with van der Waals surface area (Å²) in [6.45, 7) is 14.7. The lowest BCUT2D eigenvalue weighted by atomic mass is 9.97. The van der Waals surface area contributed by atoms with Gasteiger partial charge in [0.2, 0.25) is 0 Å². The average molecular weight is 485 g/mol. The fourth-order valence-electron chi connectivity index (χ4n) is 5.25. The summed E-state index contributed by atoms with van der Waals surface area (Å²) in [5, 5.41) is 5.08. The molecule has 4 rings (SSSR count). The lowest BCUT2D eigenvalue weighted by Gasteiger charge is -2.44. The molecule has 1 aliphatic carbocycles. The molecule has 0 saturated carbocycles. The van der Waals surface area contributed by atoms with Crippen LogP contribution in [0.3, 0.4) is 0 Å². The molecule has 176 valence electrons. The second kappa shape index (κ2) is 10.3. The predicted molar refractivity (Wildman–Crippen MR) is 156 cm³/mol. The first-order chi connectivity index (χ1) is 16.2. The Kier molecular flexibility index (Phi) is 7.62. The number of benzene rings is 3. The van der Waals surface area contributed by atoms with Crippen LogP contribution < -0.4 is 10.6 Å². The Labute approximate surface area is 209 Å². The Morgan fingerprint density at radius 1 is 0.588 bits per heavy atom. The summed E-state index contributed by atoms with van der Waals surface area (Å²) in [6, 6.07) is 33.4. The zero-order chi connectivity index (χ0) is 24.3. The van der Waals surface area contributed by atoms with Gasteiger partial charge in [-0.05, 0) is 51.5 Å². The maximum atomic E-state index is 2.47. The van der Waals surface area contributed by atoms with Crippen LogP contribution >= 0.6 is 15.8 Å². The average Bonchev–Trinajstić information content (AvgIpc) is 3.21. The van der Waals surface area contributed by atoms with Crippen molar-refractivity contribution >= 4 is 32.0 Å². The van der Waals surface area contributed by atoms with Gasteiger partial charge < -0.3 is 0 Å². The highest BCUT2D eigenvalue weighted by atomic mass is 31.1. The summed E-state index contributed by atoms with van der Waals surface area (Å²) in [6.07, 6.45) is 6.13. The topological polar surface area (TPSA) is 0 Å². The van der Waals surface area contributed by atoms with Crippen LogP contribution in [0.5, 0.6) is 0 Å². The predicted octanol–water partition coefficient (Wildman–Crippen LogP) is 8.80. The summed E-state index contributed by atoms with van der Waals surface area (Å²) < 4.78 is 0. The molecule has 3 aromatic rings. The molecule has 2 heteroatoms. The van der Waals surface area contributed by atoms with Crippen molar-refractivity contribution in [2.75, 3.05) is 6.16 Å². The molecule has 1 aliphatic rings. The number of hydrogen-bond donors (Lipinski definition) is 0. The molecule has 0 heterocycles. The summed E-state index contributed by atoms with van der Waals surface area (Å²) in [7, 11) is -0.822. The first-order valence-corrected chi connectivity index (χ1v) is 15.2. The van der Waals surface area contributed by atoms with Gasteiger partial charge in [-0.3, -0.25) is 0 Å². The minimum atomic E-state index is -0.591. The van der Waals surface area contributed by atoms with Gasteiger partial charge in [0.1, 0.15) is 0 Å². The van der Waals surface area contributed by atoms with E-state index < -0.39 is 7.92 Å². The Morgan fingerprint density at radius 2 is 1.03 bits per heavy atom. The van der Waals surface area contributed by atoms with E-state index in [9.17, 15) is 0 Å². The lowest BCUT2D eigenvalue weighted by Crippen LogP contribution is -2.29. The van der Waals surface area contributed by atoms with Gasteiger partial charge in [0.25, 0.3) is 0 Å². The molecular formula is C32H38P2. The summed E-state index contributed by atoms with van der Waals surface area (Å²) in [4.78, 5) is 0. The van der Waals surface area contributed by atoms with Crippen LogP contribution in [-0.2, 0) is 0 Å². The van der Waals surface area contributed by atoms with Crippen molar-refractivity contribution in [2.45, 2.75) is 51.9 Å². The second-order valence-corrected chi connectivity index (χ2v) is 17.2. The number of allylic oxidation sites excluding steroid dienone is 4. The maximum absolute atomic E-state index is 2.47. The second-order valence-electron chi connectivity index (χ2n) is 11.1. The van der Waals surface area contributed by atoms with Crippen LogP contribution in [0.4, 0.5) is 0 Å². The highest BCUT2D eigenvalue weighted by molar-refractivity contribution is 7.77. The van der Waals surface area contributed by atoms with Crippen LogP contribution in [0.1, 0.15) is 47.1 Å². The molecule has 3 aromatic carbocycles. The zero-order valence-electron chi connectivity index (χ0n) is 21.5. The van der Waals surface area contributed by atoms with Crippen LogP contribution in [0.2, 0.25) is 0 Å². The van der Waals surface area contributed by atoms with Crippen LogP contribution in [0, 0.1) is 5.92 Å². The first-order valence-electron chi connectivity index (χ1n) is 12.3. The fourth-order valence-corrected chi connectivity index (χ4v) is 11.9. The highest BCUT2D eigenvalue weighted by Crippen LogP contribution is 2.64. The van der Waals surface area contributed by atoms with Crippen molar-refractivity contribution in [3.05, 3.63) is 114 Å². The van der Waals surface area contributed by atoms with Gasteiger partial charge in [-0.15, -0.1) is 0 Å². The molecule has 0 saturated heterocycles. The first kappa shape index (κ1) is 25.1. The Balaban J connectivity index is 1.83. The molecule has 0 fully saturated rings. The van der Waals surface area contributed by atoms with Gasteiger partial charge in [0.15, 0.2) is 0 Å². The van der Waals surface area contributed by atoms with Crippen LogP contribution in [0.25, 0.3) is 5.57 Å². The van der Waals surface area contributed by atoms with Gasteiger partial charge >= 0.3 is 0 Å². The Hall–Kier alpha value is -2.00. The molecule has 0 nitrogen and oxygen atoms in total. The minimum absolute atomic E-state index is 0.231. The molecule has 1 atom stereocenters. The van der Waals surface area contributed by atoms with E-state index in [1.54, 1.807) is 5.31 Å². The van der Waals surface area contributed by atoms with E-state index >= 15 is 0 Å². The van der Waals surface area contributed by atoms with Crippen molar-refractivity contribution in [1.29, 1.82) is 0 Å². The van der Waals surface area contributed by atoms with E-state index in [1.165, 1.54) is 27.9 Å². The largest absolute Gasteiger partial charge is 0.0947 e. The van der Waals surface area contributed by atoms with Crippen LogP contribution in [0.15, 0.2) is 108 Å². The monoisotopic (exact) mass is 484 g/mol. The zero-order valence-corrected chi connectivity index (χ0v) is 23.3. The molecule has 1 unspecified atom stereocenters. The smallest absolute Gasteiger partial charge is 0.0146 e. The van der Waals surface area contributed by atoms with Gasteiger partial charge in [0, 0.05) is 5.92 Å². The molecule has 0 amide bonds. The van der Waals surface area contributed by atoms with Crippen LogP contribution in [-0.4, -0.2) is 16.5 Å². The SMILES string of the molecule is CC(C)(C)P(CC1C(c2ccccc2)=CC=C1P(c1ccccc1)c1ccccc1)C(C)(C)C. The van der Waals surface area contributed by atoms with Crippen molar-refractivity contribution in [1.82, 2.24) is 0 Å². The van der Waals surface area contributed by atoms with E-state index in [1.807, 2.05) is 0 Å². The third-order valence-corrected chi connectivity index (χ3v) is 13.1. The third-order valence-electron chi connectivity index (χ3n) is 6.54. The Bertz CT molecular complexity index is 1080. The molecule has 0 radical (unpaired) electrons. The van der Waals surface area contributed by atoms with E-state index in [4.69, 9.17) is 0 Å². The molecule has 0 spiro atoms. The normalized spacial score (nSPS) is 16.6. The van der Waals surface area contributed by atoms with Crippen molar-refractivity contribution < 1.29 is 0 Å². The molecule has 0 aliphatic heterocycles. The van der Waals surface area contributed by atoms with Gasteiger partial charge in [-0.2, -0.15) is 0 Å². The van der Waals surface area contributed by atoms with E-state index in [0.29, 0.717) is 16.2 Å². The van der Waals surface area contributed by atoms with E-state index in [0.717, 1.165) is 0 Å². The molecule has 0 N–H and O–H groups in total. The number of rotatable bonds is 6. The van der Waals surface area contributed by atoms with Gasteiger partial charge in [0.05, 0.1) is 0 Å². The van der Waals surface area contributed by atoms with Crippen molar-refractivity contribution in [3.63, 3.8) is 0 Å². The summed E-state index contributed by atoms with van der Waals surface area (Å²) >= 11 is 0. The highest BCUT2D eigenvalue weighted by Gasteiger charge is 2.40. The lowest BCUT2D eigenvalue weighted by molar-refractivity contribution is 0.696. The Morgan fingerprint density at radius 3 is 1.47 bits per heavy atom. The quantitative estimate of drug-likeness (QED) is 0.307. The minimum Gasteiger partial charge on any atom is -0.0947 e. The van der Waals surface area contributed by atoms with Crippen molar-refractivity contribution in [3.8, 4) is 0 Å². The molecular weight excluding hydrogens is 446 g/mol. The molecule has 34 heavy (non-hydrogen) atoms. The molecule has 0 aromatic heterocycles. The maximum Gasteiger partial charge on any atom is 0.0146 e. The van der Waals surface area contributed by atoms with Crippen molar-refractivity contribution in [2.24, 2.45) is 5.92 Å². The standard InChI is InChI=1S/C32H38P2/c1-31(2,3)33(32(4,5)6)24-29-28(25-16-10-7-11-17-25)22-23-30(29)34(26-18-12-8-13-19-26)27-20-14-9-15-21-27/h7-23,29H,24H2,1-6H3. The molecule has 0 bridgehead atoms. The van der Waals surface area contributed by atoms with E-state index in [-0.39, 0.29) is 7.92 Å². The summed E-state index contributed by atoms with van der Waals surface area (Å²) in [5.74, 6) is 0.443. The number of hydrogen-bond acceptors (Lipinski definition) is 0. The summed E-state index contributed by atoms with van der Waals surface area (Å²) in [5.41, 5.74) is 2.86. The van der Waals surface area contributed by atoms with Gasteiger partial charge in [-0.25, -0.2) is 0 Å². The van der Waals surface area contributed by atoms with Gasteiger partial charge in [-0.1, -0.05) is 153 Å². The fraction of sp³-hybridized carbons (Fsp3) is 0.312. The van der Waals surface area contributed by atoms with E-state index in [2.05, 4.69) is 145 Å². The third kappa shape index (κ3) is 5.62.